The number of ether oxygens (including phenoxy) is 2. The second-order valence-corrected chi connectivity index (χ2v) is 15.5. The maximum absolute atomic E-state index is 13.8. The quantitative estimate of drug-likeness (QED) is 0.0598. The first kappa shape index (κ1) is 47.9. The van der Waals surface area contributed by atoms with E-state index in [1.165, 1.54) is 89.9 Å². The van der Waals surface area contributed by atoms with Crippen molar-refractivity contribution in [3.8, 4) is 0 Å². The van der Waals surface area contributed by atoms with Crippen LogP contribution in [0.25, 0.3) is 0 Å². The number of halogens is 1. The van der Waals surface area contributed by atoms with Gasteiger partial charge in [-0.2, -0.15) is 16.2 Å². The van der Waals surface area contributed by atoms with E-state index in [4.69, 9.17) is 18.5 Å². The summed E-state index contributed by atoms with van der Waals surface area (Å²) in [6, 6.07) is 0. The molecule has 2 rings (SSSR count). The monoisotopic (exact) mass is 762 g/mol. The van der Waals surface area contributed by atoms with Crippen molar-refractivity contribution in [1.82, 2.24) is 9.55 Å². The van der Waals surface area contributed by atoms with Crippen molar-refractivity contribution in [3.05, 3.63) is 32.9 Å². The molecule has 12 nitrogen and oxygen atoms in total. The van der Waals surface area contributed by atoms with Crippen molar-refractivity contribution >= 4 is 19.6 Å². The van der Waals surface area contributed by atoms with Crippen LogP contribution < -0.4 is 45.7 Å². The molecule has 286 valence electrons. The molecule has 0 bridgehead atoms. The zero-order chi connectivity index (χ0) is 35.9. The predicted octanol–water partition coefficient (Wildman–Crippen LogP) is 2.98. The molecule has 3 N–H and O–H groups in total. The Kier molecular flexibility index (Phi) is 27.2. The van der Waals surface area contributed by atoms with Crippen LogP contribution in [0.1, 0.15) is 136 Å². The van der Waals surface area contributed by atoms with Gasteiger partial charge in [-0.15, -0.1) is 0 Å². The molecule has 0 spiro atoms. The first-order valence-electron chi connectivity index (χ1n) is 18.4. The summed E-state index contributed by atoms with van der Waals surface area (Å²) in [5.41, 5.74) is -2.33. The van der Waals surface area contributed by atoms with Crippen molar-refractivity contribution in [1.29, 1.82) is 0 Å². The molecule has 1 aliphatic rings. The van der Waals surface area contributed by atoms with Gasteiger partial charge in [-0.1, -0.05) is 117 Å². The minimum Gasteiger partial charge on any atom is -0.756 e. The molecule has 6 atom stereocenters. The number of aromatic amines is 1. The van der Waals surface area contributed by atoms with E-state index in [9.17, 15) is 33.7 Å². The Balaban J connectivity index is 0.0000125. The summed E-state index contributed by atoms with van der Waals surface area (Å²) in [4.78, 5) is 37.8. The van der Waals surface area contributed by atoms with Crippen LogP contribution in [0.2, 0.25) is 0 Å². The molecule has 0 saturated carbocycles. The molecule has 0 radical (unpaired) electrons. The Morgan fingerprint density at radius 2 is 1.44 bits per heavy atom. The van der Waals surface area contributed by atoms with Crippen LogP contribution in [-0.2, 0) is 23.1 Å². The van der Waals surface area contributed by atoms with E-state index in [2.05, 4.69) is 13.8 Å². The number of phosphoric ester groups is 1. The molecule has 2 heterocycles. The van der Waals surface area contributed by atoms with Crippen molar-refractivity contribution in [3.63, 3.8) is 0 Å². The Bertz CT molecular complexity index is 1180. The number of aromatic nitrogens is 2. The van der Waals surface area contributed by atoms with Crippen molar-refractivity contribution in [2.75, 3.05) is 31.3 Å². The van der Waals surface area contributed by atoms with Gasteiger partial charge in [0, 0.05) is 12.4 Å². The van der Waals surface area contributed by atoms with Crippen molar-refractivity contribution in [2.45, 2.75) is 160 Å². The van der Waals surface area contributed by atoms with E-state index in [-0.39, 0.29) is 36.2 Å². The topological polar surface area (TPSA) is 172 Å². The Hall–Kier alpha value is -0.0900. The van der Waals surface area contributed by atoms with Crippen LogP contribution in [0, 0.1) is 5.82 Å². The second-order valence-electron chi connectivity index (χ2n) is 13.0. The number of hydrogen-bond acceptors (Lipinski definition) is 11. The maximum atomic E-state index is 13.8. The Morgan fingerprint density at radius 3 is 2.02 bits per heavy atom. The van der Waals surface area contributed by atoms with Crippen LogP contribution >= 0.6 is 19.6 Å². The Morgan fingerprint density at radius 1 is 0.900 bits per heavy atom. The van der Waals surface area contributed by atoms with Crippen LogP contribution in [0.3, 0.4) is 0 Å². The Labute approximate surface area is 323 Å². The summed E-state index contributed by atoms with van der Waals surface area (Å²) in [6.07, 6.45) is 15.6. The number of hydrogen-bond donors (Lipinski definition) is 3. The van der Waals surface area contributed by atoms with Gasteiger partial charge in [0.15, 0.2) is 6.23 Å². The van der Waals surface area contributed by atoms with E-state index in [0.717, 1.165) is 31.4 Å². The SMILES string of the molecule is CCCCCCCCCCCCSCC(COP(=O)([O-])OC[C@H]1O[C@@H](n2cc(F)c(=O)[nH]c2=O)[C@H](O)[C@@H]1O)OCCCCCCCCCC.[Na+]. The summed E-state index contributed by atoms with van der Waals surface area (Å²) >= 11 is 1.71. The van der Waals surface area contributed by atoms with Gasteiger partial charge < -0.3 is 33.6 Å². The number of nitrogens with one attached hydrogen (secondary N) is 1. The fraction of sp³-hybridized carbons (Fsp3) is 0.882. The van der Waals surface area contributed by atoms with Gasteiger partial charge in [0.05, 0.1) is 25.5 Å². The number of thioether (sulfide) groups is 1. The third-order valence-electron chi connectivity index (χ3n) is 8.65. The number of nitrogens with zero attached hydrogens (tertiary/aromatic N) is 1. The molecule has 50 heavy (non-hydrogen) atoms. The van der Waals surface area contributed by atoms with Crippen molar-refractivity contribution < 1.29 is 72.1 Å². The summed E-state index contributed by atoms with van der Waals surface area (Å²) in [6.45, 7) is 3.96. The molecule has 0 amide bonds. The number of unbranched alkanes of at least 4 members (excludes halogenated alkanes) is 16. The molecule has 1 aliphatic heterocycles. The molecule has 0 aromatic carbocycles. The molecule has 2 unspecified atom stereocenters. The number of aliphatic hydroxyl groups is 2. The summed E-state index contributed by atoms with van der Waals surface area (Å²) < 4.78 is 48.5. The fourth-order valence-electron chi connectivity index (χ4n) is 5.66. The van der Waals surface area contributed by atoms with Gasteiger partial charge in [0.25, 0.3) is 13.4 Å². The molecule has 1 aromatic rings. The van der Waals surface area contributed by atoms with Gasteiger partial charge in [0.1, 0.15) is 18.3 Å². The van der Waals surface area contributed by atoms with Crippen LogP contribution in [-0.4, -0.2) is 75.5 Å². The molecule has 1 aromatic heterocycles. The smallest absolute Gasteiger partial charge is 0.756 e. The fourth-order valence-corrected chi connectivity index (χ4v) is 7.44. The summed E-state index contributed by atoms with van der Waals surface area (Å²) in [5.74, 6) is 0.211. The van der Waals surface area contributed by atoms with Crippen LogP contribution in [0.15, 0.2) is 15.8 Å². The third kappa shape index (κ3) is 19.8. The zero-order valence-corrected chi connectivity index (χ0v) is 34.3. The largest absolute Gasteiger partial charge is 1.00 e. The average molecular weight is 763 g/mol. The third-order valence-corrected chi connectivity index (χ3v) is 10.8. The van der Waals surface area contributed by atoms with E-state index in [1.54, 1.807) is 16.7 Å². The van der Waals surface area contributed by atoms with E-state index in [0.29, 0.717) is 23.1 Å². The number of aliphatic hydroxyl groups excluding tert-OH is 2. The standard InChI is InChI=1S/C34H62FN2O10PS.Na/c1-3-5-7-9-11-13-14-16-18-20-22-49-26-27(44-21-19-17-15-12-10-8-6-4-2)24-45-48(42,43)46-25-29-30(38)31(39)33(47-29)37-23-28(35)32(40)36-34(37)41;/h23,27,29-31,33,38-39H,3-22,24-26H2,1-2H3,(H,42,43)(H,36,40,41);/q;+1/p-1/t27?,29-,30-,31-,33-;/m1./s1. The van der Waals surface area contributed by atoms with Gasteiger partial charge in [-0.25, -0.2) is 4.79 Å². The first-order valence-corrected chi connectivity index (χ1v) is 21.0. The van der Waals surface area contributed by atoms with Crippen LogP contribution in [0.5, 0.6) is 0 Å². The van der Waals surface area contributed by atoms with Gasteiger partial charge in [0.2, 0.25) is 5.82 Å². The maximum Gasteiger partial charge on any atom is 1.00 e. The molecule has 1 fully saturated rings. The number of phosphoric acid groups is 1. The summed E-state index contributed by atoms with van der Waals surface area (Å²) in [5, 5.41) is 20.7. The molecule has 16 heteroatoms. The van der Waals surface area contributed by atoms with Crippen LogP contribution in [0.4, 0.5) is 4.39 Å². The van der Waals surface area contributed by atoms with Gasteiger partial charge >= 0.3 is 35.2 Å². The minimum absolute atomic E-state index is 0. The first-order chi connectivity index (χ1) is 23.6. The molecular weight excluding hydrogens is 701 g/mol. The predicted molar refractivity (Wildman–Crippen MR) is 188 cm³/mol. The van der Waals surface area contributed by atoms with E-state index >= 15 is 0 Å². The molecular formula is C34H61FN2NaO10PS. The van der Waals surface area contributed by atoms with Gasteiger partial charge in [-0.3, -0.25) is 18.9 Å². The molecule has 0 aliphatic carbocycles. The minimum atomic E-state index is -4.88. The molecule has 1 saturated heterocycles. The van der Waals surface area contributed by atoms with E-state index in [1.807, 2.05) is 0 Å². The normalized spacial score (nSPS) is 20.8. The van der Waals surface area contributed by atoms with E-state index < -0.39 is 62.1 Å². The summed E-state index contributed by atoms with van der Waals surface area (Å²) in [7, 11) is -4.88. The number of rotatable bonds is 30. The second kappa shape index (κ2) is 28.4. The number of H-pyrrole nitrogens is 1. The van der Waals surface area contributed by atoms with Gasteiger partial charge in [-0.05, 0) is 18.6 Å². The zero-order valence-electron chi connectivity index (χ0n) is 30.6. The van der Waals surface area contributed by atoms with Crippen molar-refractivity contribution in [2.24, 2.45) is 0 Å². The average Bonchev–Trinajstić information content (AvgIpc) is 3.35.